The Labute approximate surface area is 114 Å². The first kappa shape index (κ1) is 13.8. The molecule has 0 aromatic carbocycles. The molecule has 0 bridgehead atoms. The SMILES string of the molecule is CCc1cnc(Cl)cc1B1OC(C)(C)C(C)(C)O1. The van der Waals surface area contributed by atoms with Crippen LogP contribution in [0, 0.1) is 0 Å². The number of aromatic nitrogens is 1. The number of halogens is 1. The van der Waals surface area contributed by atoms with E-state index in [1.54, 1.807) is 6.20 Å². The number of aryl methyl sites for hydroxylation is 1. The average molecular weight is 268 g/mol. The minimum Gasteiger partial charge on any atom is -0.399 e. The average Bonchev–Trinajstić information content (AvgIpc) is 2.48. The standard InChI is InChI=1S/C13H19BClNO2/c1-6-9-8-16-11(15)7-10(9)14-17-12(2,3)13(4,5)18-14/h7-8H,6H2,1-5H3. The van der Waals surface area contributed by atoms with Crippen molar-refractivity contribution in [1.29, 1.82) is 0 Å². The Bertz CT molecular complexity index is 446. The van der Waals surface area contributed by atoms with Crippen LogP contribution in [0.15, 0.2) is 12.3 Å². The largest absolute Gasteiger partial charge is 0.495 e. The van der Waals surface area contributed by atoms with E-state index >= 15 is 0 Å². The minimum atomic E-state index is -0.370. The highest BCUT2D eigenvalue weighted by molar-refractivity contribution is 6.63. The first-order chi connectivity index (χ1) is 8.27. The quantitative estimate of drug-likeness (QED) is 0.610. The molecule has 1 aliphatic heterocycles. The summed E-state index contributed by atoms with van der Waals surface area (Å²) in [7, 11) is -0.370. The van der Waals surface area contributed by atoms with Gasteiger partial charge in [-0.05, 0) is 51.2 Å². The maximum Gasteiger partial charge on any atom is 0.495 e. The van der Waals surface area contributed by atoms with Gasteiger partial charge in [0, 0.05) is 6.20 Å². The van der Waals surface area contributed by atoms with Gasteiger partial charge in [0.25, 0.3) is 0 Å². The van der Waals surface area contributed by atoms with Crippen molar-refractivity contribution < 1.29 is 9.31 Å². The second-order valence-corrected chi connectivity index (χ2v) is 6.03. The molecule has 3 nitrogen and oxygen atoms in total. The Kier molecular flexibility index (Phi) is 3.47. The van der Waals surface area contributed by atoms with Gasteiger partial charge in [0.1, 0.15) is 5.15 Å². The number of hydrogen-bond acceptors (Lipinski definition) is 3. The maximum absolute atomic E-state index is 6.04. The van der Waals surface area contributed by atoms with Crippen molar-refractivity contribution in [3.8, 4) is 0 Å². The highest BCUT2D eigenvalue weighted by atomic mass is 35.5. The van der Waals surface area contributed by atoms with Crippen LogP contribution < -0.4 is 5.46 Å². The summed E-state index contributed by atoms with van der Waals surface area (Å²) in [6.07, 6.45) is 2.67. The highest BCUT2D eigenvalue weighted by Gasteiger charge is 2.52. The van der Waals surface area contributed by atoms with Crippen molar-refractivity contribution >= 4 is 24.2 Å². The third kappa shape index (κ3) is 2.29. The number of rotatable bonds is 2. The molecular formula is C13H19BClNO2. The van der Waals surface area contributed by atoms with Crippen LogP contribution in [0.2, 0.25) is 5.15 Å². The summed E-state index contributed by atoms with van der Waals surface area (Å²) in [5, 5.41) is 0.469. The molecule has 1 fully saturated rings. The molecule has 0 atom stereocenters. The van der Waals surface area contributed by atoms with Crippen molar-refractivity contribution in [3.05, 3.63) is 23.0 Å². The third-order valence-corrected chi connectivity index (χ3v) is 4.08. The van der Waals surface area contributed by atoms with Gasteiger partial charge in [0.15, 0.2) is 0 Å². The summed E-state index contributed by atoms with van der Waals surface area (Å²) in [4.78, 5) is 4.11. The molecule has 5 heteroatoms. The van der Waals surface area contributed by atoms with Crippen LogP contribution in [0.25, 0.3) is 0 Å². The van der Waals surface area contributed by atoms with E-state index in [1.165, 1.54) is 0 Å². The second kappa shape index (κ2) is 4.51. The highest BCUT2D eigenvalue weighted by Crippen LogP contribution is 2.36. The molecule has 98 valence electrons. The summed E-state index contributed by atoms with van der Waals surface area (Å²) in [5.41, 5.74) is 1.42. The molecule has 0 saturated carbocycles. The third-order valence-electron chi connectivity index (χ3n) is 3.88. The van der Waals surface area contributed by atoms with E-state index in [1.807, 2.05) is 33.8 Å². The fraction of sp³-hybridized carbons (Fsp3) is 0.615. The smallest absolute Gasteiger partial charge is 0.399 e. The fourth-order valence-corrected chi connectivity index (χ4v) is 2.12. The fourth-order valence-electron chi connectivity index (χ4n) is 1.96. The summed E-state index contributed by atoms with van der Waals surface area (Å²) in [6, 6.07) is 1.84. The Morgan fingerprint density at radius 2 is 1.78 bits per heavy atom. The molecule has 2 rings (SSSR count). The summed E-state index contributed by atoms with van der Waals surface area (Å²) < 4.78 is 12.1. The predicted molar refractivity (Wildman–Crippen MR) is 74.3 cm³/mol. The van der Waals surface area contributed by atoms with Gasteiger partial charge in [-0.25, -0.2) is 4.98 Å². The van der Waals surface area contributed by atoms with Gasteiger partial charge >= 0.3 is 7.12 Å². The van der Waals surface area contributed by atoms with Crippen molar-refractivity contribution in [2.24, 2.45) is 0 Å². The van der Waals surface area contributed by atoms with Gasteiger partial charge in [0.2, 0.25) is 0 Å². The maximum atomic E-state index is 6.04. The lowest BCUT2D eigenvalue weighted by Gasteiger charge is -2.32. The zero-order chi connectivity index (χ0) is 13.6. The lowest BCUT2D eigenvalue weighted by atomic mass is 9.76. The summed E-state index contributed by atoms with van der Waals surface area (Å²) in [5.74, 6) is 0. The Balaban J connectivity index is 2.37. The molecule has 1 aromatic rings. The van der Waals surface area contributed by atoms with Crippen LogP contribution in [-0.4, -0.2) is 23.3 Å². The Morgan fingerprint density at radius 3 is 2.28 bits per heavy atom. The van der Waals surface area contributed by atoms with E-state index in [0.29, 0.717) is 5.15 Å². The van der Waals surface area contributed by atoms with Crippen LogP contribution in [-0.2, 0) is 15.7 Å². The van der Waals surface area contributed by atoms with Crippen LogP contribution in [0.5, 0.6) is 0 Å². The van der Waals surface area contributed by atoms with E-state index in [-0.39, 0.29) is 18.3 Å². The van der Waals surface area contributed by atoms with E-state index in [4.69, 9.17) is 20.9 Å². The predicted octanol–water partition coefficient (Wildman–Crippen LogP) is 2.60. The molecule has 0 amide bonds. The first-order valence-corrected chi connectivity index (χ1v) is 6.64. The summed E-state index contributed by atoms with van der Waals surface area (Å²) >= 11 is 5.97. The van der Waals surface area contributed by atoms with Crippen LogP contribution in [0.4, 0.5) is 0 Å². The number of hydrogen-bond donors (Lipinski definition) is 0. The molecule has 1 aromatic heterocycles. The molecule has 1 saturated heterocycles. The topological polar surface area (TPSA) is 31.4 Å². The molecule has 2 heterocycles. The van der Waals surface area contributed by atoms with E-state index in [2.05, 4.69) is 11.9 Å². The van der Waals surface area contributed by atoms with Gasteiger partial charge in [-0.2, -0.15) is 0 Å². The van der Waals surface area contributed by atoms with Crippen molar-refractivity contribution in [2.45, 2.75) is 52.2 Å². The monoisotopic (exact) mass is 267 g/mol. The normalized spacial score (nSPS) is 21.3. The van der Waals surface area contributed by atoms with Gasteiger partial charge in [0.05, 0.1) is 11.2 Å². The molecule has 0 aliphatic carbocycles. The van der Waals surface area contributed by atoms with Gasteiger partial charge in [-0.1, -0.05) is 18.5 Å². The molecule has 18 heavy (non-hydrogen) atoms. The molecule has 0 unspecified atom stereocenters. The second-order valence-electron chi connectivity index (χ2n) is 5.65. The van der Waals surface area contributed by atoms with Crippen molar-refractivity contribution in [1.82, 2.24) is 4.98 Å². The molecule has 0 spiro atoms. The Morgan fingerprint density at radius 1 is 1.22 bits per heavy atom. The van der Waals surface area contributed by atoms with Crippen molar-refractivity contribution in [2.75, 3.05) is 0 Å². The lowest BCUT2D eigenvalue weighted by Crippen LogP contribution is -2.41. The Hall–Kier alpha value is -0.575. The van der Waals surface area contributed by atoms with E-state index in [0.717, 1.165) is 17.4 Å². The van der Waals surface area contributed by atoms with E-state index < -0.39 is 0 Å². The molecule has 0 N–H and O–H groups in total. The molecule has 0 radical (unpaired) electrons. The molecular weight excluding hydrogens is 248 g/mol. The zero-order valence-electron chi connectivity index (χ0n) is 11.6. The first-order valence-electron chi connectivity index (χ1n) is 6.27. The molecule has 1 aliphatic rings. The van der Waals surface area contributed by atoms with Gasteiger partial charge < -0.3 is 9.31 Å². The lowest BCUT2D eigenvalue weighted by molar-refractivity contribution is 0.00578. The zero-order valence-corrected chi connectivity index (χ0v) is 12.3. The van der Waals surface area contributed by atoms with Crippen LogP contribution in [0.3, 0.4) is 0 Å². The van der Waals surface area contributed by atoms with Crippen LogP contribution in [0.1, 0.15) is 40.2 Å². The van der Waals surface area contributed by atoms with E-state index in [9.17, 15) is 0 Å². The van der Waals surface area contributed by atoms with Crippen LogP contribution >= 0.6 is 11.6 Å². The van der Waals surface area contributed by atoms with Crippen molar-refractivity contribution in [3.63, 3.8) is 0 Å². The minimum absolute atomic E-state index is 0.335. The summed E-state index contributed by atoms with van der Waals surface area (Å²) in [6.45, 7) is 10.3. The number of pyridine rings is 1. The van der Waals surface area contributed by atoms with Gasteiger partial charge in [-0.15, -0.1) is 0 Å². The number of nitrogens with zero attached hydrogens (tertiary/aromatic N) is 1. The van der Waals surface area contributed by atoms with Gasteiger partial charge in [-0.3, -0.25) is 0 Å².